The molecule has 1 heterocycles. The summed E-state index contributed by atoms with van der Waals surface area (Å²) in [4.78, 5) is 10.4. The lowest BCUT2D eigenvalue weighted by Crippen LogP contribution is -2.21. The maximum Gasteiger partial charge on any atom is 0.309 e. The van der Waals surface area contributed by atoms with Crippen LogP contribution in [0.5, 0.6) is 0 Å². The van der Waals surface area contributed by atoms with Crippen molar-refractivity contribution in [3.63, 3.8) is 0 Å². The number of aryl methyl sites for hydroxylation is 1. The molecule has 2 N–H and O–H groups in total. The van der Waals surface area contributed by atoms with E-state index in [1.807, 2.05) is 0 Å². The largest absolute Gasteiger partial charge is 0.481 e. The van der Waals surface area contributed by atoms with Crippen molar-refractivity contribution in [3.05, 3.63) is 17.0 Å². The van der Waals surface area contributed by atoms with Gasteiger partial charge >= 0.3 is 11.9 Å². The molecule has 16 heavy (non-hydrogen) atoms. The van der Waals surface area contributed by atoms with Gasteiger partial charge in [-0.2, -0.15) is 13.9 Å². The molecule has 0 amide bonds. The minimum atomic E-state index is -3.38. The molecular formula is C10H12F2N2O2. The standard InChI is InChI=1S/C10H12F2N2O2/c11-10(12,5-8(15)16)9-6-3-1-2-4-7(6)13-14-9/h1-5H2,(H,13,14)(H,15,16). The second-order valence-corrected chi connectivity index (χ2v) is 4.01. The molecule has 88 valence electrons. The van der Waals surface area contributed by atoms with Crippen LogP contribution in [0.15, 0.2) is 0 Å². The quantitative estimate of drug-likeness (QED) is 0.832. The first-order valence-corrected chi connectivity index (χ1v) is 5.17. The Morgan fingerprint density at radius 2 is 2.12 bits per heavy atom. The van der Waals surface area contributed by atoms with Crippen molar-refractivity contribution in [2.75, 3.05) is 0 Å². The Kier molecular flexibility index (Phi) is 2.65. The molecule has 0 spiro atoms. The van der Waals surface area contributed by atoms with Crippen LogP contribution >= 0.6 is 0 Å². The highest BCUT2D eigenvalue weighted by Gasteiger charge is 2.40. The molecule has 0 aliphatic heterocycles. The summed E-state index contributed by atoms with van der Waals surface area (Å²) in [6.07, 6.45) is 1.87. The molecule has 0 aromatic carbocycles. The summed E-state index contributed by atoms with van der Waals surface area (Å²) in [6.45, 7) is 0. The number of carbonyl (C=O) groups is 1. The summed E-state index contributed by atoms with van der Waals surface area (Å²) < 4.78 is 27.1. The lowest BCUT2D eigenvalue weighted by molar-refractivity contribution is -0.145. The van der Waals surface area contributed by atoms with Crippen molar-refractivity contribution in [2.45, 2.75) is 38.0 Å². The van der Waals surface area contributed by atoms with Crippen molar-refractivity contribution >= 4 is 5.97 Å². The third kappa shape index (κ3) is 1.91. The predicted octanol–water partition coefficient (Wildman–Crippen LogP) is 1.85. The van der Waals surface area contributed by atoms with E-state index in [1.165, 1.54) is 0 Å². The van der Waals surface area contributed by atoms with Crippen LogP contribution in [-0.4, -0.2) is 21.3 Å². The number of halogens is 2. The average molecular weight is 230 g/mol. The van der Waals surface area contributed by atoms with Gasteiger partial charge in [0.1, 0.15) is 12.1 Å². The zero-order chi connectivity index (χ0) is 11.8. The Morgan fingerprint density at radius 1 is 1.44 bits per heavy atom. The number of carboxylic acids is 1. The van der Waals surface area contributed by atoms with Gasteiger partial charge in [0.25, 0.3) is 0 Å². The SMILES string of the molecule is O=C(O)CC(F)(F)c1n[nH]c2c1CCCC2. The highest BCUT2D eigenvalue weighted by Crippen LogP contribution is 2.36. The molecule has 6 heteroatoms. The number of alkyl halides is 2. The fourth-order valence-electron chi connectivity index (χ4n) is 2.06. The van der Waals surface area contributed by atoms with Gasteiger partial charge in [-0.15, -0.1) is 0 Å². The van der Waals surface area contributed by atoms with Gasteiger partial charge in [0.05, 0.1) is 0 Å². The Morgan fingerprint density at radius 3 is 2.81 bits per heavy atom. The van der Waals surface area contributed by atoms with E-state index in [0.29, 0.717) is 18.4 Å². The molecule has 0 fully saturated rings. The number of aliphatic carboxylic acids is 1. The molecule has 0 atom stereocenters. The summed E-state index contributed by atoms with van der Waals surface area (Å²) in [6, 6.07) is 0. The number of aromatic amines is 1. The van der Waals surface area contributed by atoms with Crippen LogP contribution in [0.1, 0.15) is 36.2 Å². The summed E-state index contributed by atoms with van der Waals surface area (Å²) >= 11 is 0. The molecule has 0 saturated heterocycles. The zero-order valence-electron chi connectivity index (χ0n) is 8.59. The smallest absolute Gasteiger partial charge is 0.309 e. The van der Waals surface area contributed by atoms with Gasteiger partial charge in [-0.3, -0.25) is 9.89 Å². The van der Waals surface area contributed by atoms with Crippen LogP contribution < -0.4 is 0 Å². The van der Waals surface area contributed by atoms with E-state index in [4.69, 9.17) is 5.11 Å². The number of nitrogens with one attached hydrogen (secondary N) is 1. The first kappa shape index (κ1) is 11.0. The van der Waals surface area contributed by atoms with Crippen molar-refractivity contribution in [1.82, 2.24) is 10.2 Å². The Bertz CT molecular complexity index is 415. The molecule has 0 unspecified atom stereocenters. The molecule has 1 aliphatic rings. The van der Waals surface area contributed by atoms with Crippen LogP contribution in [0, 0.1) is 0 Å². The fourth-order valence-corrected chi connectivity index (χ4v) is 2.06. The number of nitrogens with zero attached hydrogens (tertiary/aromatic N) is 1. The monoisotopic (exact) mass is 230 g/mol. The van der Waals surface area contributed by atoms with Crippen molar-refractivity contribution in [1.29, 1.82) is 0 Å². The molecule has 4 nitrogen and oxygen atoms in total. The van der Waals surface area contributed by atoms with E-state index < -0.39 is 18.3 Å². The van der Waals surface area contributed by atoms with Gasteiger partial charge in [-0.25, -0.2) is 0 Å². The van der Waals surface area contributed by atoms with Crippen LogP contribution in [0.25, 0.3) is 0 Å². The number of aromatic nitrogens is 2. The van der Waals surface area contributed by atoms with E-state index in [0.717, 1.165) is 18.5 Å². The number of hydrogen-bond acceptors (Lipinski definition) is 2. The molecule has 1 aliphatic carbocycles. The Labute approximate surface area is 90.7 Å². The Hall–Kier alpha value is -1.46. The molecule has 1 aromatic rings. The van der Waals surface area contributed by atoms with Crippen LogP contribution in [0.4, 0.5) is 8.78 Å². The summed E-state index contributed by atoms with van der Waals surface area (Å²) in [5, 5.41) is 14.6. The van der Waals surface area contributed by atoms with Crippen LogP contribution in [0.2, 0.25) is 0 Å². The van der Waals surface area contributed by atoms with Gasteiger partial charge in [-0.05, 0) is 25.7 Å². The molecule has 2 rings (SSSR count). The number of H-pyrrole nitrogens is 1. The minimum absolute atomic E-state index is 0.385. The molecule has 0 saturated carbocycles. The Balaban J connectivity index is 2.32. The maximum atomic E-state index is 13.6. The number of rotatable bonds is 3. The average Bonchev–Trinajstić information content (AvgIpc) is 2.59. The van der Waals surface area contributed by atoms with E-state index in [2.05, 4.69) is 10.2 Å². The lowest BCUT2D eigenvalue weighted by atomic mass is 9.93. The number of hydrogen-bond donors (Lipinski definition) is 2. The molecule has 0 radical (unpaired) electrons. The first-order valence-electron chi connectivity index (χ1n) is 5.17. The second kappa shape index (κ2) is 3.84. The van der Waals surface area contributed by atoms with Crippen molar-refractivity contribution in [2.24, 2.45) is 0 Å². The summed E-state index contributed by atoms with van der Waals surface area (Å²) in [5.74, 6) is -4.90. The first-order chi connectivity index (χ1) is 7.50. The van der Waals surface area contributed by atoms with Gasteiger partial charge in [-0.1, -0.05) is 0 Å². The minimum Gasteiger partial charge on any atom is -0.481 e. The summed E-state index contributed by atoms with van der Waals surface area (Å²) in [7, 11) is 0. The third-order valence-electron chi connectivity index (χ3n) is 2.78. The zero-order valence-corrected chi connectivity index (χ0v) is 8.59. The van der Waals surface area contributed by atoms with Gasteiger partial charge in [0, 0.05) is 11.3 Å². The second-order valence-electron chi connectivity index (χ2n) is 4.01. The van der Waals surface area contributed by atoms with E-state index >= 15 is 0 Å². The van der Waals surface area contributed by atoms with Gasteiger partial charge in [0.15, 0.2) is 0 Å². The lowest BCUT2D eigenvalue weighted by Gasteiger charge is -2.16. The predicted molar refractivity (Wildman–Crippen MR) is 51.4 cm³/mol. The van der Waals surface area contributed by atoms with E-state index in [9.17, 15) is 13.6 Å². The van der Waals surface area contributed by atoms with Gasteiger partial charge < -0.3 is 5.11 Å². The third-order valence-corrected chi connectivity index (χ3v) is 2.78. The maximum absolute atomic E-state index is 13.6. The molecular weight excluding hydrogens is 218 g/mol. The number of carboxylic acid groups (broad SMARTS) is 1. The normalized spacial score (nSPS) is 15.9. The van der Waals surface area contributed by atoms with Crippen LogP contribution in [-0.2, 0) is 23.6 Å². The van der Waals surface area contributed by atoms with Crippen LogP contribution in [0.3, 0.4) is 0 Å². The molecule has 1 aromatic heterocycles. The highest BCUT2D eigenvalue weighted by atomic mass is 19.3. The van der Waals surface area contributed by atoms with Crippen molar-refractivity contribution < 1.29 is 18.7 Å². The fraction of sp³-hybridized carbons (Fsp3) is 0.600. The van der Waals surface area contributed by atoms with E-state index in [-0.39, 0.29) is 5.69 Å². The summed E-state index contributed by atoms with van der Waals surface area (Å²) in [5.41, 5.74) is 0.855. The topological polar surface area (TPSA) is 66.0 Å². The van der Waals surface area contributed by atoms with Gasteiger partial charge in [0.2, 0.25) is 0 Å². The number of fused-ring (bicyclic) bond motifs is 1. The highest BCUT2D eigenvalue weighted by molar-refractivity contribution is 5.68. The van der Waals surface area contributed by atoms with Crippen molar-refractivity contribution in [3.8, 4) is 0 Å². The molecule has 0 bridgehead atoms. The van der Waals surface area contributed by atoms with E-state index in [1.54, 1.807) is 0 Å².